The number of H-pyrrole nitrogens is 1. The van der Waals surface area contributed by atoms with Crippen molar-refractivity contribution in [3.63, 3.8) is 0 Å². The van der Waals surface area contributed by atoms with Gasteiger partial charge < -0.3 is 24.7 Å². The first-order valence-corrected chi connectivity index (χ1v) is 10.2. The first-order valence-electron chi connectivity index (χ1n) is 10.2. The predicted molar refractivity (Wildman–Crippen MR) is 119 cm³/mol. The van der Waals surface area contributed by atoms with Crippen molar-refractivity contribution in [2.75, 3.05) is 26.2 Å². The number of hydrogen-bond acceptors (Lipinski definition) is 6. The van der Waals surface area contributed by atoms with Crippen molar-refractivity contribution in [2.45, 2.75) is 38.9 Å². The zero-order valence-corrected chi connectivity index (χ0v) is 17.9. The highest BCUT2D eigenvalue weighted by Gasteiger charge is 2.20. The minimum Gasteiger partial charge on any atom is -0.493 e. The van der Waals surface area contributed by atoms with Crippen LogP contribution in [0.2, 0.25) is 0 Å². The largest absolute Gasteiger partial charge is 0.493 e. The van der Waals surface area contributed by atoms with E-state index in [4.69, 9.17) is 9.47 Å². The number of aryl methyl sites for hydroxylation is 1. The Bertz CT molecular complexity index is 1120. The van der Waals surface area contributed by atoms with E-state index in [1.54, 1.807) is 20.3 Å². The fourth-order valence-electron chi connectivity index (χ4n) is 3.77. The Morgan fingerprint density at radius 1 is 1.20 bits per heavy atom. The molecule has 1 aromatic heterocycles. The monoisotopic (exact) mass is 408 g/mol. The van der Waals surface area contributed by atoms with E-state index in [0.29, 0.717) is 46.5 Å². The zero-order valence-electron chi connectivity index (χ0n) is 17.9. The fraction of sp³-hybridized carbons (Fsp3) is 0.391. The number of aromatic amines is 1. The van der Waals surface area contributed by atoms with E-state index in [0.717, 1.165) is 6.54 Å². The summed E-state index contributed by atoms with van der Waals surface area (Å²) in [4.78, 5) is 22.3. The van der Waals surface area contributed by atoms with Gasteiger partial charge in [0.25, 0.3) is 5.56 Å². The lowest BCUT2D eigenvalue weighted by Gasteiger charge is -2.19. The van der Waals surface area contributed by atoms with E-state index in [-0.39, 0.29) is 5.56 Å². The average molecular weight is 409 g/mol. The van der Waals surface area contributed by atoms with E-state index in [2.05, 4.69) is 39.6 Å². The van der Waals surface area contributed by atoms with Gasteiger partial charge in [0.15, 0.2) is 11.5 Å². The molecule has 7 heteroatoms. The van der Waals surface area contributed by atoms with Gasteiger partial charge in [0.05, 0.1) is 25.1 Å². The molecule has 1 fully saturated rings. The van der Waals surface area contributed by atoms with Gasteiger partial charge >= 0.3 is 0 Å². The Labute approximate surface area is 176 Å². The summed E-state index contributed by atoms with van der Waals surface area (Å²) in [6.45, 7) is 3.36. The molecule has 158 valence electrons. The van der Waals surface area contributed by atoms with Crippen molar-refractivity contribution >= 4 is 16.9 Å². The fourth-order valence-corrected chi connectivity index (χ4v) is 3.77. The van der Waals surface area contributed by atoms with E-state index in [1.807, 2.05) is 18.9 Å². The summed E-state index contributed by atoms with van der Waals surface area (Å²) >= 11 is 0. The van der Waals surface area contributed by atoms with Gasteiger partial charge in [-0.2, -0.15) is 4.98 Å². The van der Waals surface area contributed by atoms with Gasteiger partial charge in [0.2, 0.25) is 5.95 Å². The van der Waals surface area contributed by atoms with Gasteiger partial charge in [-0.05, 0) is 30.9 Å². The van der Waals surface area contributed by atoms with Crippen molar-refractivity contribution in [3.05, 3.63) is 57.4 Å². The van der Waals surface area contributed by atoms with Gasteiger partial charge in [0, 0.05) is 37.8 Å². The standard InChI is InChI=1S/C23H28N4O3/c1-14-20-18(11-19(29-3)21(14)30-4)25-23(26-22(20)28)27(2)13-16-7-5-6-15(10-16)12-24-17-8-9-17/h5-7,10-11,17,24H,8-9,12-13H2,1-4H3,(H,25,26,28). The molecular weight excluding hydrogens is 380 g/mol. The minimum absolute atomic E-state index is 0.286. The maximum Gasteiger partial charge on any atom is 0.282 e. The van der Waals surface area contributed by atoms with Gasteiger partial charge in [-0.3, -0.25) is 4.79 Å². The van der Waals surface area contributed by atoms with E-state index in [9.17, 15) is 4.79 Å². The predicted octanol–water partition coefficient (Wildman–Crippen LogP) is 3.14. The van der Waals surface area contributed by atoms with Gasteiger partial charge in [-0.15, -0.1) is 0 Å². The molecule has 0 unspecified atom stereocenters. The second kappa shape index (κ2) is 8.36. The third-order valence-electron chi connectivity index (χ3n) is 5.52. The summed E-state index contributed by atoms with van der Waals surface area (Å²) in [7, 11) is 5.07. The molecule has 1 aliphatic rings. The third-order valence-corrected chi connectivity index (χ3v) is 5.52. The summed E-state index contributed by atoms with van der Waals surface area (Å²) in [5.41, 5.74) is 3.53. The molecule has 1 saturated carbocycles. The first-order chi connectivity index (χ1) is 14.5. The number of aromatic nitrogens is 2. The number of fused-ring (bicyclic) bond motifs is 1. The number of ether oxygens (including phenoxy) is 2. The smallest absolute Gasteiger partial charge is 0.282 e. The number of nitrogens with one attached hydrogen (secondary N) is 2. The van der Waals surface area contributed by atoms with Crippen LogP contribution in [-0.4, -0.2) is 37.3 Å². The Kier molecular flexibility index (Phi) is 5.63. The summed E-state index contributed by atoms with van der Waals surface area (Å²) in [5.74, 6) is 1.64. The second-order valence-electron chi connectivity index (χ2n) is 7.86. The van der Waals surface area contributed by atoms with E-state index in [1.165, 1.54) is 24.0 Å². The molecule has 7 nitrogen and oxygen atoms in total. The lowest BCUT2D eigenvalue weighted by Crippen LogP contribution is -2.23. The van der Waals surface area contributed by atoms with Gasteiger partial charge in [-0.1, -0.05) is 24.3 Å². The molecular formula is C23H28N4O3. The second-order valence-corrected chi connectivity index (χ2v) is 7.86. The van der Waals surface area contributed by atoms with Crippen molar-refractivity contribution < 1.29 is 9.47 Å². The van der Waals surface area contributed by atoms with Crippen LogP contribution in [0.5, 0.6) is 11.5 Å². The Hall–Kier alpha value is -3.06. The van der Waals surface area contributed by atoms with Crippen LogP contribution in [0.3, 0.4) is 0 Å². The van der Waals surface area contributed by atoms with Crippen molar-refractivity contribution in [1.29, 1.82) is 0 Å². The molecule has 0 bridgehead atoms. The molecule has 0 aliphatic heterocycles. The molecule has 0 amide bonds. The quantitative estimate of drug-likeness (QED) is 0.596. The average Bonchev–Trinajstić information content (AvgIpc) is 3.56. The first kappa shape index (κ1) is 20.2. The summed E-state index contributed by atoms with van der Waals surface area (Å²) in [6, 6.07) is 11.0. The molecule has 2 N–H and O–H groups in total. The third kappa shape index (κ3) is 4.11. The summed E-state index contributed by atoms with van der Waals surface area (Å²) in [5, 5.41) is 4.05. The van der Waals surface area contributed by atoms with Crippen LogP contribution in [0, 0.1) is 6.92 Å². The van der Waals surface area contributed by atoms with Crippen LogP contribution in [0.15, 0.2) is 35.1 Å². The maximum atomic E-state index is 12.8. The van der Waals surface area contributed by atoms with Gasteiger partial charge in [-0.25, -0.2) is 0 Å². The minimum atomic E-state index is -0.286. The Morgan fingerprint density at radius 2 is 1.97 bits per heavy atom. The number of anilines is 1. The maximum absolute atomic E-state index is 12.8. The lowest BCUT2D eigenvalue weighted by molar-refractivity contribution is 0.354. The highest BCUT2D eigenvalue weighted by Crippen LogP contribution is 2.35. The van der Waals surface area contributed by atoms with Crippen LogP contribution in [-0.2, 0) is 13.1 Å². The summed E-state index contributed by atoms with van der Waals surface area (Å²) < 4.78 is 10.8. The number of rotatable bonds is 8. The van der Waals surface area contributed by atoms with Crippen LogP contribution in [0.4, 0.5) is 5.95 Å². The highest BCUT2D eigenvalue weighted by molar-refractivity contribution is 5.86. The number of nitrogens with zero attached hydrogens (tertiary/aromatic N) is 2. The SMILES string of the molecule is COc1cc2[nH]c(N(C)Cc3cccc(CNC4CC4)c3)nc(=O)c2c(C)c1OC. The van der Waals surface area contributed by atoms with Crippen molar-refractivity contribution in [1.82, 2.24) is 15.3 Å². The molecule has 0 saturated heterocycles. The van der Waals surface area contributed by atoms with Crippen LogP contribution in [0.25, 0.3) is 10.9 Å². The Morgan fingerprint density at radius 3 is 2.67 bits per heavy atom. The van der Waals surface area contributed by atoms with E-state index < -0.39 is 0 Å². The normalized spacial score (nSPS) is 13.5. The number of methoxy groups -OCH3 is 2. The number of hydrogen-bond donors (Lipinski definition) is 2. The molecule has 1 aliphatic carbocycles. The zero-order chi connectivity index (χ0) is 21.3. The molecule has 2 aromatic carbocycles. The molecule has 0 radical (unpaired) electrons. The number of benzene rings is 2. The molecule has 30 heavy (non-hydrogen) atoms. The van der Waals surface area contributed by atoms with Crippen LogP contribution in [0.1, 0.15) is 29.5 Å². The van der Waals surface area contributed by atoms with Crippen LogP contribution < -0.4 is 25.2 Å². The van der Waals surface area contributed by atoms with E-state index >= 15 is 0 Å². The molecule has 0 spiro atoms. The van der Waals surface area contributed by atoms with Crippen molar-refractivity contribution in [2.24, 2.45) is 0 Å². The van der Waals surface area contributed by atoms with Crippen molar-refractivity contribution in [3.8, 4) is 11.5 Å². The lowest BCUT2D eigenvalue weighted by atomic mass is 10.1. The Balaban J connectivity index is 1.61. The topological polar surface area (TPSA) is 79.5 Å². The highest BCUT2D eigenvalue weighted by atomic mass is 16.5. The molecule has 3 aromatic rings. The van der Waals surface area contributed by atoms with Gasteiger partial charge in [0.1, 0.15) is 0 Å². The van der Waals surface area contributed by atoms with Crippen LogP contribution >= 0.6 is 0 Å². The molecule has 0 atom stereocenters. The summed E-state index contributed by atoms with van der Waals surface area (Å²) in [6.07, 6.45) is 2.55. The molecule has 1 heterocycles. The molecule has 4 rings (SSSR count).